The standard InChI is InChI=1S/C26H30N4O3/c1-19(21-8-9-21)30(17-20-6-10-24(33-2)11-7-20)26(32)22-4-3-5-23(16-22)28-25(31)12-14-29-15-13-27-18-29/h3-7,10-11,13,15-16,18-19,21H,8-9,12,14,17H2,1-2H3,(H,28,31). The average Bonchev–Trinajstić information content (AvgIpc) is 3.56. The van der Waals surface area contributed by atoms with E-state index in [-0.39, 0.29) is 17.9 Å². The first-order valence-electron chi connectivity index (χ1n) is 11.3. The van der Waals surface area contributed by atoms with Crippen molar-refractivity contribution in [1.29, 1.82) is 0 Å². The van der Waals surface area contributed by atoms with Crippen molar-refractivity contribution in [3.05, 3.63) is 78.4 Å². The quantitative estimate of drug-likeness (QED) is 0.502. The van der Waals surface area contributed by atoms with Gasteiger partial charge in [0.2, 0.25) is 5.91 Å². The van der Waals surface area contributed by atoms with Gasteiger partial charge in [-0.2, -0.15) is 0 Å². The van der Waals surface area contributed by atoms with Crippen LogP contribution in [0.4, 0.5) is 5.69 Å². The Bertz CT molecular complexity index is 1080. The molecule has 0 spiro atoms. The normalized spacial score (nSPS) is 13.9. The van der Waals surface area contributed by atoms with E-state index in [1.807, 2.05) is 58.1 Å². The number of hydrogen-bond acceptors (Lipinski definition) is 4. The van der Waals surface area contributed by atoms with Crippen molar-refractivity contribution in [1.82, 2.24) is 14.5 Å². The van der Waals surface area contributed by atoms with Crippen molar-refractivity contribution in [3.63, 3.8) is 0 Å². The number of benzene rings is 2. The molecule has 3 aromatic rings. The van der Waals surface area contributed by atoms with E-state index < -0.39 is 0 Å². The molecule has 1 N–H and O–H groups in total. The number of nitrogens with one attached hydrogen (secondary N) is 1. The molecule has 7 nitrogen and oxygen atoms in total. The first-order chi connectivity index (χ1) is 16.0. The van der Waals surface area contributed by atoms with E-state index in [9.17, 15) is 9.59 Å². The summed E-state index contributed by atoms with van der Waals surface area (Å²) in [6.07, 6.45) is 7.83. The van der Waals surface area contributed by atoms with Gasteiger partial charge in [0.1, 0.15) is 5.75 Å². The Hall–Kier alpha value is -3.61. The SMILES string of the molecule is COc1ccc(CN(C(=O)c2cccc(NC(=O)CCn3ccnc3)c2)C(C)C2CC2)cc1. The zero-order valence-electron chi connectivity index (χ0n) is 19.1. The third-order valence-electron chi connectivity index (χ3n) is 6.12. The maximum absolute atomic E-state index is 13.5. The number of ether oxygens (including phenoxy) is 1. The highest BCUT2D eigenvalue weighted by Crippen LogP contribution is 2.36. The molecule has 0 saturated heterocycles. The van der Waals surface area contributed by atoms with Crippen LogP contribution in [0.1, 0.15) is 42.1 Å². The van der Waals surface area contributed by atoms with Crippen molar-refractivity contribution < 1.29 is 14.3 Å². The summed E-state index contributed by atoms with van der Waals surface area (Å²) in [4.78, 5) is 31.8. The van der Waals surface area contributed by atoms with Gasteiger partial charge in [0.25, 0.3) is 5.91 Å². The third-order valence-corrected chi connectivity index (χ3v) is 6.12. The van der Waals surface area contributed by atoms with E-state index in [2.05, 4.69) is 17.2 Å². The Morgan fingerprint density at radius 1 is 1.21 bits per heavy atom. The fraction of sp³-hybridized carbons (Fsp3) is 0.346. The van der Waals surface area contributed by atoms with E-state index >= 15 is 0 Å². The Morgan fingerprint density at radius 2 is 2.00 bits per heavy atom. The molecule has 0 aliphatic heterocycles. The largest absolute Gasteiger partial charge is 0.497 e. The van der Waals surface area contributed by atoms with Crippen LogP contribution in [-0.4, -0.2) is 39.4 Å². The Labute approximate surface area is 194 Å². The number of aryl methyl sites for hydroxylation is 1. The molecule has 1 unspecified atom stereocenters. The molecule has 33 heavy (non-hydrogen) atoms. The van der Waals surface area contributed by atoms with Gasteiger partial charge in [-0.1, -0.05) is 18.2 Å². The van der Waals surface area contributed by atoms with Crippen molar-refractivity contribution in [3.8, 4) is 5.75 Å². The van der Waals surface area contributed by atoms with Crippen LogP contribution < -0.4 is 10.1 Å². The zero-order chi connectivity index (χ0) is 23.2. The van der Waals surface area contributed by atoms with Crippen LogP contribution in [0.2, 0.25) is 0 Å². The molecule has 1 atom stereocenters. The lowest BCUT2D eigenvalue weighted by atomic mass is 10.1. The number of carbonyl (C=O) groups excluding carboxylic acids is 2. The second-order valence-electron chi connectivity index (χ2n) is 8.54. The monoisotopic (exact) mass is 446 g/mol. The minimum atomic E-state index is -0.102. The number of imidazole rings is 1. The van der Waals surface area contributed by atoms with Gasteiger partial charge in [-0.15, -0.1) is 0 Å². The van der Waals surface area contributed by atoms with Crippen molar-refractivity contribution >= 4 is 17.5 Å². The molecular formula is C26H30N4O3. The lowest BCUT2D eigenvalue weighted by molar-refractivity contribution is -0.116. The number of anilines is 1. The van der Waals surface area contributed by atoms with Crippen molar-refractivity contribution in [2.24, 2.45) is 5.92 Å². The highest BCUT2D eigenvalue weighted by molar-refractivity contribution is 5.97. The van der Waals surface area contributed by atoms with E-state index in [1.54, 1.807) is 25.7 Å². The fourth-order valence-corrected chi connectivity index (χ4v) is 3.93. The van der Waals surface area contributed by atoms with Crippen LogP contribution in [0.3, 0.4) is 0 Å². The molecule has 172 valence electrons. The van der Waals surface area contributed by atoms with Crippen LogP contribution in [0, 0.1) is 5.92 Å². The summed E-state index contributed by atoms with van der Waals surface area (Å²) in [5.41, 5.74) is 2.25. The van der Waals surface area contributed by atoms with Crippen LogP contribution in [-0.2, 0) is 17.9 Å². The first-order valence-corrected chi connectivity index (χ1v) is 11.3. The summed E-state index contributed by atoms with van der Waals surface area (Å²) >= 11 is 0. The lowest BCUT2D eigenvalue weighted by Gasteiger charge is -2.30. The summed E-state index contributed by atoms with van der Waals surface area (Å²) < 4.78 is 7.11. The van der Waals surface area contributed by atoms with Gasteiger partial charge < -0.3 is 19.5 Å². The van der Waals surface area contributed by atoms with Crippen LogP contribution in [0.15, 0.2) is 67.3 Å². The molecule has 7 heteroatoms. The molecule has 0 bridgehead atoms. The van der Waals surface area contributed by atoms with E-state index in [0.717, 1.165) is 24.2 Å². The minimum Gasteiger partial charge on any atom is -0.497 e. The van der Waals surface area contributed by atoms with Gasteiger partial charge in [0, 0.05) is 49.2 Å². The number of amides is 2. The molecule has 0 radical (unpaired) electrons. The molecule has 1 aliphatic carbocycles. The van der Waals surface area contributed by atoms with Gasteiger partial charge in [-0.3, -0.25) is 9.59 Å². The average molecular weight is 447 g/mol. The van der Waals surface area contributed by atoms with Crippen LogP contribution in [0.5, 0.6) is 5.75 Å². The van der Waals surface area contributed by atoms with Gasteiger partial charge >= 0.3 is 0 Å². The number of aromatic nitrogens is 2. The third kappa shape index (κ3) is 6.00. The highest BCUT2D eigenvalue weighted by atomic mass is 16.5. The molecule has 1 heterocycles. The summed E-state index contributed by atoms with van der Waals surface area (Å²) in [5, 5.41) is 2.91. The number of hydrogen-bond donors (Lipinski definition) is 1. The Balaban J connectivity index is 1.45. The van der Waals surface area contributed by atoms with Crippen LogP contribution >= 0.6 is 0 Å². The van der Waals surface area contributed by atoms with Gasteiger partial charge in [-0.05, 0) is 61.6 Å². The number of rotatable bonds is 10. The maximum Gasteiger partial charge on any atom is 0.254 e. The smallest absolute Gasteiger partial charge is 0.254 e. The molecule has 4 rings (SSSR count). The molecule has 2 amide bonds. The number of carbonyl (C=O) groups is 2. The van der Waals surface area contributed by atoms with Crippen molar-refractivity contribution in [2.75, 3.05) is 12.4 Å². The number of nitrogens with zero attached hydrogens (tertiary/aromatic N) is 3. The molecule has 1 aromatic heterocycles. The van der Waals surface area contributed by atoms with E-state index in [4.69, 9.17) is 4.74 Å². The molecule has 1 fully saturated rings. The second-order valence-corrected chi connectivity index (χ2v) is 8.54. The summed E-state index contributed by atoms with van der Waals surface area (Å²) in [6.45, 7) is 3.21. The van der Waals surface area contributed by atoms with Gasteiger partial charge in [0.05, 0.1) is 13.4 Å². The topological polar surface area (TPSA) is 76.5 Å². The Kier molecular flexibility index (Phi) is 7.07. The first kappa shape index (κ1) is 22.6. The predicted octanol–water partition coefficient (Wildman–Crippen LogP) is 4.36. The zero-order valence-corrected chi connectivity index (χ0v) is 19.1. The van der Waals surface area contributed by atoms with Gasteiger partial charge in [-0.25, -0.2) is 4.98 Å². The van der Waals surface area contributed by atoms with Crippen LogP contribution in [0.25, 0.3) is 0 Å². The molecule has 2 aromatic carbocycles. The maximum atomic E-state index is 13.5. The lowest BCUT2D eigenvalue weighted by Crippen LogP contribution is -2.39. The van der Waals surface area contributed by atoms with E-state index in [1.165, 1.54) is 0 Å². The molecule has 1 aliphatic rings. The van der Waals surface area contributed by atoms with Gasteiger partial charge in [0.15, 0.2) is 0 Å². The van der Waals surface area contributed by atoms with E-state index in [0.29, 0.717) is 36.7 Å². The highest BCUT2D eigenvalue weighted by Gasteiger charge is 2.34. The second kappa shape index (κ2) is 10.3. The minimum absolute atomic E-state index is 0.0280. The summed E-state index contributed by atoms with van der Waals surface area (Å²) in [5.74, 6) is 1.20. The molecule has 1 saturated carbocycles. The fourth-order valence-electron chi connectivity index (χ4n) is 3.93. The number of methoxy groups -OCH3 is 1. The summed E-state index contributed by atoms with van der Waals surface area (Å²) in [7, 11) is 1.64. The van der Waals surface area contributed by atoms with Crippen molar-refractivity contribution in [2.45, 2.75) is 45.3 Å². The Morgan fingerprint density at radius 3 is 2.67 bits per heavy atom. The summed E-state index contributed by atoms with van der Waals surface area (Å²) in [6, 6.07) is 15.2. The molecular weight excluding hydrogens is 416 g/mol. The predicted molar refractivity (Wildman–Crippen MR) is 127 cm³/mol.